The molecule has 0 spiro atoms. The van der Waals surface area contributed by atoms with Crippen LogP contribution in [0.3, 0.4) is 0 Å². The summed E-state index contributed by atoms with van der Waals surface area (Å²) in [4.78, 5) is 0. The Hall–Kier alpha value is -0.240. The van der Waals surface area contributed by atoms with Crippen LogP contribution in [0, 0.1) is 5.92 Å². The van der Waals surface area contributed by atoms with E-state index in [1.54, 1.807) is 6.92 Å². The highest BCUT2D eigenvalue weighted by Gasteiger charge is 2.49. The van der Waals surface area contributed by atoms with E-state index in [-0.39, 0.29) is 17.9 Å². The highest BCUT2D eigenvalue weighted by atomic mass is 16.6. The molecule has 0 saturated carbocycles. The summed E-state index contributed by atoms with van der Waals surface area (Å²) in [6.45, 7) is 9.06. The Morgan fingerprint density at radius 3 is 2.39 bits per heavy atom. The van der Waals surface area contributed by atoms with E-state index in [9.17, 15) is 0 Å². The van der Waals surface area contributed by atoms with Gasteiger partial charge in [0.05, 0.1) is 6.61 Å². The minimum Gasteiger partial charge on any atom is -0.351 e. The molecule has 1 rings (SSSR count). The molecule has 3 atom stereocenters. The van der Waals surface area contributed by atoms with Crippen molar-refractivity contribution in [3.8, 4) is 0 Å². The first-order chi connectivity index (χ1) is 8.12. The molecule has 1 heterocycles. The van der Waals surface area contributed by atoms with Gasteiger partial charge in [-0.15, -0.1) is 0 Å². The van der Waals surface area contributed by atoms with Crippen molar-refractivity contribution in [2.45, 2.75) is 57.8 Å². The molecule has 0 aromatic carbocycles. The fourth-order valence-electron chi connectivity index (χ4n) is 2.24. The zero-order chi connectivity index (χ0) is 14.0. The largest absolute Gasteiger partial charge is 0.351 e. The summed E-state index contributed by atoms with van der Waals surface area (Å²) in [7, 11) is 0. The number of rotatable bonds is 8. The lowest BCUT2D eigenvalue weighted by Crippen LogP contribution is -2.50. The van der Waals surface area contributed by atoms with Gasteiger partial charge in [-0.25, -0.2) is 0 Å². The Bertz CT molecular complexity index is 263. The third-order valence-electron chi connectivity index (χ3n) is 2.85. The topological polar surface area (TPSA) is 112 Å². The van der Waals surface area contributed by atoms with Crippen LogP contribution in [0.25, 0.3) is 0 Å². The first-order valence-corrected chi connectivity index (χ1v) is 6.51. The van der Waals surface area contributed by atoms with E-state index in [2.05, 4.69) is 19.2 Å². The van der Waals surface area contributed by atoms with Gasteiger partial charge in [-0.05, 0) is 26.2 Å². The van der Waals surface area contributed by atoms with Crippen LogP contribution >= 0.6 is 0 Å². The molecule has 0 radical (unpaired) electrons. The van der Waals surface area contributed by atoms with Crippen molar-refractivity contribution < 1.29 is 9.47 Å². The zero-order valence-corrected chi connectivity index (χ0v) is 11.9. The van der Waals surface area contributed by atoms with Gasteiger partial charge in [0.25, 0.3) is 0 Å². The van der Waals surface area contributed by atoms with Crippen LogP contribution in [0.1, 0.15) is 34.1 Å². The Morgan fingerprint density at radius 2 is 1.89 bits per heavy atom. The molecule has 18 heavy (non-hydrogen) atoms. The van der Waals surface area contributed by atoms with Crippen LogP contribution < -0.4 is 22.5 Å². The number of hydrogen-bond acceptors (Lipinski definition) is 6. The van der Waals surface area contributed by atoms with Crippen molar-refractivity contribution in [1.29, 1.82) is 0 Å². The summed E-state index contributed by atoms with van der Waals surface area (Å²) < 4.78 is 10.8. The molecule has 1 saturated heterocycles. The van der Waals surface area contributed by atoms with E-state index in [0.29, 0.717) is 19.1 Å². The predicted molar refractivity (Wildman–Crippen MR) is 71.4 cm³/mol. The van der Waals surface area contributed by atoms with Crippen molar-refractivity contribution in [1.82, 2.24) is 5.32 Å². The third kappa shape index (κ3) is 5.60. The number of nitrogens with one attached hydrogen (secondary N) is 1. The molecule has 1 aliphatic heterocycles. The molecule has 6 nitrogen and oxygen atoms in total. The molecule has 0 aliphatic carbocycles. The lowest BCUT2D eigenvalue weighted by molar-refractivity contribution is -0.0209. The van der Waals surface area contributed by atoms with Gasteiger partial charge in [-0.2, -0.15) is 0 Å². The standard InChI is InChI=1S/C12H28N4O2/c1-8(2)7-11(3,13)9-10(18-9)16-5-6-17-12(4,14)15/h8-10,16H,5-7,13-15H2,1-4H3. The van der Waals surface area contributed by atoms with Gasteiger partial charge < -0.3 is 15.2 Å². The summed E-state index contributed by atoms with van der Waals surface area (Å²) in [6, 6.07) is 0. The van der Waals surface area contributed by atoms with E-state index < -0.39 is 5.85 Å². The van der Waals surface area contributed by atoms with Crippen molar-refractivity contribution >= 4 is 0 Å². The van der Waals surface area contributed by atoms with Crippen molar-refractivity contribution in [2.24, 2.45) is 23.1 Å². The van der Waals surface area contributed by atoms with Crippen LogP contribution in [0.2, 0.25) is 0 Å². The number of ether oxygens (including phenoxy) is 2. The molecular weight excluding hydrogens is 232 g/mol. The summed E-state index contributed by atoms with van der Waals surface area (Å²) in [5.74, 6) is -0.519. The van der Waals surface area contributed by atoms with Crippen LogP contribution in [0.4, 0.5) is 0 Å². The maximum atomic E-state index is 6.25. The minimum absolute atomic E-state index is 0.0177. The molecule has 0 aromatic rings. The first kappa shape index (κ1) is 15.8. The number of hydrogen-bond donors (Lipinski definition) is 4. The SMILES string of the molecule is CC(C)CC(C)(N)C1OC1NCCOC(C)(N)N. The second-order valence-electron chi connectivity index (χ2n) is 6.07. The first-order valence-electron chi connectivity index (χ1n) is 6.51. The van der Waals surface area contributed by atoms with Gasteiger partial charge in [0.2, 0.25) is 0 Å². The summed E-state index contributed by atoms with van der Waals surface area (Å²) in [5.41, 5.74) is 17.0. The predicted octanol–water partition coefficient (Wildman–Crippen LogP) is -0.328. The highest BCUT2D eigenvalue weighted by molar-refractivity contribution is 5.01. The van der Waals surface area contributed by atoms with E-state index >= 15 is 0 Å². The number of nitrogens with two attached hydrogens (primary N) is 3. The summed E-state index contributed by atoms with van der Waals surface area (Å²) in [6.07, 6.45) is 1.03. The molecule has 1 aliphatic rings. The zero-order valence-electron chi connectivity index (χ0n) is 11.9. The molecule has 0 amide bonds. The van der Waals surface area contributed by atoms with Crippen molar-refractivity contribution in [2.75, 3.05) is 13.2 Å². The Labute approximate surface area is 110 Å². The smallest absolute Gasteiger partial charge is 0.166 e. The van der Waals surface area contributed by atoms with Crippen LogP contribution in [-0.2, 0) is 9.47 Å². The van der Waals surface area contributed by atoms with Crippen molar-refractivity contribution in [3.63, 3.8) is 0 Å². The van der Waals surface area contributed by atoms with Gasteiger partial charge in [-0.3, -0.25) is 16.8 Å². The fraction of sp³-hybridized carbons (Fsp3) is 1.00. The van der Waals surface area contributed by atoms with E-state index in [0.717, 1.165) is 6.42 Å². The Balaban J connectivity index is 2.17. The molecule has 0 bridgehead atoms. The molecule has 0 aromatic heterocycles. The quantitative estimate of drug-likeness (QED) is 0.270. The van der Waals surface area contributed by atoms with Gasteiger partial charge in [0.15, 0.2) is 5.85 Å². The van der Waals surface area contributed by atoms with E-state index in [4.69, 9.17) is 26.7 Å². The second kappa shape index (κ2) is 5.81. The van der Waals surface area contributed by atoms with Crippen LogP contribution in [-0.4, -0.2) is 36.9 Å². The van der Waals surface area contributed by atoms with Gasteiger partial charge in [0, 0.05) is 12.1 Å². The monoisotopic (exact) mass is 260 g/mol. The Kier molecular flexibility index (Phi) is 5.11. The molecule has 6 heteroatoms. The molecule has 3 unspecified atom stereocenters. The molecule has 1 fully saturated rings. The molecular formula is C12H28N4O2. The lowest BCUT2D eigenvalue weighted by atomic mass is 9.88. The van der Waals surface area contributed by atoms with Gasteiger partial charge in [-0.1, -0.05) is 13.8 Å². The third-order valence-corrected chi connectivity index (χ3v) is 2.85. The van der Waals surface area contributed by atoms with Crippen LogP contribution in [0.15, 0.2) is 0 Å². The average Bonchev–Trinajstić information content (AvgIpc) is 2.88. The maximum Gasteiger partial charge on any atom is 0.166 e. The second-order valence-corrected chi connectivity index (χ2v) is 6.07. The fourth-order valence-corrected chi connectivity index (χ4v) is 2.24. The minimum atomic E-state index is -1.08. The lowest BCUT2D eigenvalue weighted by Gasteiger charge is -2.24. The Morgan fingerprint density at radius 1 is 1.28 bits per heavy atom. The molecule has 7 N–H and O–H groups in total. The van der Waals surface area contributed by atoms with Crippen molar-refractivity contribution in [3.05, 3.63) is 0 Å². The number of epoxide rings is 1. The summed E-state index contributed by atoms with van der Waals surface area (Å²) >= 11 is 0. The maximum absolute atomic E-state index is 6.25. The van der Waals surface area contributed by atoms with E-state index in [1.165, 1.54) is 0 Å². The van der Waals surface area contributed by atoms with Gasteiger partial charge >= 0.3 is 0 Å². The highest BCUT2D eigenvalue weighted by Crippen LogP contribution is 2.32. The van der Waals surface area contributed by atoms with Gasteiger partial charge in [0.1, 0.15) is 12.3 Å². The normalized spacial score (nSPS) is 27.3. The average molecular weight is 260 g/mol. The molecule has 108 valence electrons. The summed E-state index contributed by atoms with van der Waals surface area (Å²) in [5, 5.41) is 3.22. The van der Waals surface area contributed by atoms with E-state index in [1.807, 2.05) is 6.92 Å². The van der Waals surface area contributed by atoms with Crippen LogP contribution in [0.5, 0.6) is 0 Å².